The van der Waals surface area contributed by atoms with Crippen molar-refractivity contribution in [1.82, 2.24) is 0 Å². The van der Waals surface area contributed by atoms with Crippen molar-refractivity contribution < 1.29 is 67.5 Å². The number of esters is 2. The van der Waals surface area contributed by atoms with Crippen LogP contribution in [0.3, 0.4) is 0 Å². The van der Waals surface area contributed by atoms with Gasteiger partial charge < -0.3 is 57.9 Å². The molecule has 0 unspecified atom stereocenters. The maximum atomic E-state index is 12.5. The molecule has 10 atom stereocenters. The van der Waals surface area contributed by atoms with E-state index in [1.54, 1.807) is 13.8 Å². The van der Waals surface area contributed by atoms with Gasteiger partial charge in [0.2, 0.25) is 0 Å². The Bertz CT molecular complexity index is 1020. The van der Waals surface area contributed by atoms with Crippen LogP contribution in [0.25, 0.3) is 0 Å². The first-order chi connectivity index (χ1) is 19.4. The molecule has 256 valence electrons. The molecule has 6 rings (SSSR count). The number of halogens is 2. The third kappa shape index (κ3) is 6.45. The number of ether oxygens (including phenoxy) is 2. The van der Waals surface area contributed by atoms with Crippen LogP contribution in [0.15, 0.2) is 0 Å². The zero-order chi connectivity index (χ0) is 29.2. The normalized spacial score (nSPS) is 43.7. The van der Waals surface area contributed by atoms with Crippen LogP contribution in [0.2, 0.25) is 0 Å². The van der Waals surface area contributed by atoms with Crippen LogP contribution in [-0.2, 0) is 19.1 Å². The standard InChI is InChI=1S/C35H60N2O4.2BrH.H2O/c1-24(38)40-32-21-26-13-14-27-28(35(26,4)23-31(32)37(6)19-11-8-12-20-37)15-16-34(3)29(27)22-30(33(34)41-25(2)39)36(5)17-9-7-10-18-36;;;/h26-33H,7-23H2,1-6H3;2*1H;1H2/q+2;;;/p-2/t26-,27+,28-,29-,30-,31-,32-,33-,34-,35-;;;/m0.../s1. The highest BCUT2D eigenvalue weighted by Gasteiger charge is 2.68. The van der Waals surface area contributed by atoms with Gasteiger partial charge in [0.15, 0.2) is 12.2 Å². The van der Waals surface area contributed by atoms with Crippen molar-refractivity contribution in [1.29, 1.82) is 0 Å². The van der Waals surface area contributed by atoms with Crippen LogP contribution in [-0.4, -0.2) is 90.9 Å². The second kappa shape index (κ2) is 14.1. The van der Waals surface area contributed by atoms with Crippen molar-refractivity contribution in [2.24, 2.45) is 34.5 Å². The summed E-state index contributed by atoms with van der Waals surface area (Å²) in [5.41, 5.74) is 0.377. The minimum Gasteiger partial charge on any atom is -1.00 e. The van der Waals surface area contributed by atoms with E-state index >= 15 is 0 Å². The predicted octanol–water partition coefficient (Wildman–Crippen LogP) is -0.706. The van der Waals surface area contributed by atoms with Crippen LogP contribution in [0.4, 0.5) is 0 Å². The van der Waals surface area contributed by atoms with Gasteiger partial charge >= 0.3 is 11.9 Å². The first kappa shape index (κ1) is 38.2. The Morgan fingerprint density at radius 1 is 0.682 bits per heavy atom. The Balaban J connectivity index is 0.00000176. The molecule has 2 heterocycles. The molecule has 9 heteroatoms. The summed E-state index contributed by atoms with van der Waals surface area (Å²) >= 11 is 0. The van der Waals surface area contributed by atoms with E-state index in [2.05, 4.69) is 27.9 Å². The lowest BCUT2D eigenvalue weighted by Gasteiger charge is -2.63. The fourth-order valence-corrected chi connectivity index (χ4v) is 12.3. The van der Waals surface area contributed by atoms with E-state index < -0.39 is 0 Å². The van der Waals surface area contributed by atoms with E-state index in [0.29, 0.717) is 35.3 Å². The molecule has 4 saturated carbocycles. The fraction of sp³-hybridized carbons (Fsp3) is 0.943. The SMILES string of the molecule is CC(=O)O[C@H]1C[C@@H]2CC[C@@H]3[C@H](CC[C@@]4(C)[C@H]3C[C@H]([N+]3(C)CCCCC3)[C@@H]4OC(C)=O)[C@@]2(C)C[C@@H]1[N+]1(C)CCCCC1.O.[Br-].[Br-]. The van der Waals surface area contributed by atoms with Gasteiger partial charge in [-0.15, -0.1) is 0 Å². The molecule has 6 aliphatic rings. The topological polar surface area (TPSA) is 84.1 Å². The van der Waals surface area contributed by atoms with Crippen molar-refractivity contribution >= 4 is 11.9 Å². The monoisotopic (exact) mass is 748 g/mol. The van der Waals surface area contributed by atoms with Gasteiger partial charge in [-0.2, -0.15) is 0 Å². The van der Waals surface area contributed by atoms with Gasteiger partial charge in [0, 0.05) is 32.1 Å². The lowest BCUT2D eigenvalue weighted by atomic mass is 9.44. The third-order valence-corrected chi connectivity index (χ3v) is 14.5. The molecule has 44 heavy (non-hydrogen) atoms. The van der Waals surface area contributed by atoms with Gasteiger partial charge in [-0.3, -0.25) is 9.59 Å². The van der Waals surface area contributed by atoms with E-state index in [-0.39, 0.29) is 69.0 Å². The number of carbonyl (C=O) groups excluding carboxylic acids is 2. The maximum absolute atomic E-state index is 12.5. The molecule has 0 spiro atoms. The van der Waals surface area contributed by atoms with Gasteiger partial charge in [-0.05, 0) is 99.7 Å². The fourth-order valence-electron chi connectivity index (χ4n) is 12.3. The number of carbonyl (C=O) groups is 2. The summed E-state index contributed by atoms with van der Waals surface area (Å²) in [5.74, 6) is 2.52. The third-order valence-electron chi connectivity index (χ3n) is 14.5. The summed E-state index contributed by atoms with van der Waals surface area (Å²) in [6.45, 7) is 13.3. The lowest BCUT2D eigenvalue weighted by Crippen LogP contribution is -3.00. The highest BCUT2D eigenvalue weighted by Crippen LogP contribution is 2.68. The molecule has 2 N–H and O–H groups in total. The summed E-state index contributed by atoms with van der Waals surface area (Å²) in [6.07, 6.45) is 16.4. The van der Waals surface area contributed by atoms with Crippen LogP contribution >= 0.6 is 0 Å². The second-order valence-corrected chi connectivity index (χ2v) is 16.7. The number of hydrogen-bond acceptors (Lipinski definition) is 4. The Hall–Kier alpha value is -0.220. The van der Waals surface area contributed by atoms with Crippen molar-refractivity contribution in [3.8, 4) is 0 Å². The van der Waals surface area contributed by atoms with Crippen LogP contribution < -0.4 is 34.0 Å². The minimum absolute atomic E-state index is 0. The van der Waals surface area contributed by atoms with Gasteiger partial charge in [0.25, 0.3) is 0 Å². The van der Waals surface area contributed by atoms with Crippen LogP contribution in [0.1, 0.15) is 111 Å². The minimum atomic E-state index is -0.0998. The number of quaternary nitrogens is 2. The zero-order valence-corrected chi connectivity index (χ0v) is 31.6. The molecule has 2 saturated heterocycles. The zero-order valence-electron chi connectivity index (χ0n) is 28.4. The van der Waals surface area contributed by atoms with E-state index in [0.717, 1.165) is 21.3 Å². The molecule has 0 radical (unpaired) electrons. The van der Waals surface area contributed by atoms with Gasteiger partial charge in [-0.25, -0.2) is 0 Å². The van der Waals surface area contributed by atoms with E-state index in [4.69, 9.17) is 9.47 Å². The largest absolute Gasteiger partial charge is 1.00 e. The Labute approximate surface area is 288 Å². The Kier molecular flexibility index (Phi) is 12.2. The Morgan fingerprint density at radius 2 is 1.23 bits per heavy atom. The molecule has 4 aliphatic carbocycles. The molecule has 0 amide bonds. The molecule has 0 bridgehead atoms. The van der Waals surface area contributed by atoms with Crippen LogP contribution in [0.5, 0.6) is 0 Å². The number of likely N-dealkylation sites (N-methyl/N-ethyl adjacent to an activating group) is 2. The summed E-state index contributed by atoms with van der Waals surface area (Å²) in [6, 6.07) is 0.846. The molecule has 2 aliphatic heterocycles. The molecule has 7 nitrogen and oxygen atoms in total. The molecular formula is C35H62Br2N2O5. The average molecular weight is 751 g/mol. The summed E-state index contributed by atoms with van der Waals surface area (Å²) < 4.78 is 14.7. The summed E-state index contributed by atoms with van der Waals surface area (Å²) in [5, 5.41) is 0. The molecule has 0 aromatic heterocycles. The molecule has 0 aromatic carbocycles. The maximum Gasteiger partial charge on any atom is 0.303 e. The predicted molar refractivity (Wildman–Crippen MR) is 164 cm³/mol. The molecule has 0 aromatic rings. The van der Waals surface area contributed by atoms with E-state index in [9.17, 15) is 9.59 Å². The van der Waals surface area contributed by atoms with Crippen molar-refractivity contribution in [2.75, 3.05) is 40.3 Å². The van der Waals surface area contributed by atoms with E-state index in [1.807, 2.05) is 0 Å². The quantitative estimate of drug-likeness (QED) is 0.281. The second-order valence-electron chi connectivity index (χ2n) is 16.7. The van der Waals surface area contributed by atoms with Crippen LogP contribution in [0, 0.1) is 34.5 Å². The van der Waals surface area contributed by atoms with E-state index in [1.165, 1.54) is 103 Å². The number of hydrogen-bond donors (Lipinski definition) is 0. The van der Waals surface area contributed by atoms with Gasteiger partial charge in [-0.1, -0.05) is 13.8 Å². The van der Waals surface area contributed by atoms with Crippen molar-refractivity contribution in [3.05, 3.63) is 0 Å². The van der Waals surface area contributed by atoms with Gasteiger partial charge in [0.1, 0.15) is 12.1 Å². The highest BCUT2D eigenvalue weighted by atomic mass is 79.9. The number of piperidine rings is 2. The molecule has 6 fully saturated rings. The number of fused-ring (bicyclic) bond motifs is 5. The first-order valence-corrected chi connectivity index (χ1v) is 17.4. The number of rotatable bonds is 4. The van der Waals surface area contributed by atoms with Crippen molar-refractivity contribution in [3.63, 3.8) is 0 Å². The van der Waals surface area contributed by atoms with Gasteiger partial charge in [0.05, 0.1) is 40.3 Å². The smallest absolute Gasteiger partial charge is 0.303 e. The molecular weight excluding hydrogens is 688 g/mol. The summed E-state index contributed by atoms with van der Waals surface area (Å²) in [7, 11) is 4.94. The average Bonchev–Trinajstić information content (AvgIpc) is 3.21. The van der Waals surface area contributed by atoms with Crippen molar-refractivity contribution in [2.45, 2.75) is 135 Å². The Morgan fingerprint density at radius 3 is 1.77 bits per heavy atom. The lowest BCUT2D eigenvalue weighted by molar-refractivity contribution is -0.943. The summed E-state index contributed by atoms with van der Waals surface area (Å²) in [4.78, 5) is 24.8. The first-order valence-electron chi connectivity index (χ1n) is 17.4. The highest BCUT2D eigenvalue weighted by molar-refractivity contribution is 5.66. The number of likely N-dealkylation sites (tertiary alicyclic amines) is 2. The number of nitrogens with zero attached hydrogens (tertiary/aromatic N) is 2.